The summed E-state index contributed by atoms with van der Waals surface area (Å²) in [4.78, 5) is 14.5. The maximum Gasteiger partial charge on any atom is 0.224 e. The zero-order chi connectivity index (χ0) is 17.5. The molecule has 24 heavy (non-hydrogen) atoms. The Morgan fingerprint density at radius 3 is 2.67 bits per heavy atom. The van der Waals surface area contributed by atoms with E-state index in [0.29, 0.717) is 17.1 Å². The van der Waals surface area contributed by atoms with Crippen LogP contribution in [0.4, 0.5) is 0 Å². The first-order chi connectivity index (χ1) is 11.5. The van der Waals surface area contributed by atoms with E-state index in [1.807, 2.05) is 12.1 Å². The van der Waals surface area contributed by atoms with Crippen LogP contribution in [-0.2, 0) is 11.2 Å². The topological polar surface area (TPSA) is 65.7 Å². The minimum Gasteiger partial charge on any atom is -0.508 e. The van der Waals surface area contributed by atoms with Crippen LogP contribution in [0.25, 0.3) is 0 Å². The molecule has 1 atom stereocenters. The van der Waals surface area contributed by atoms with Crippen molar-refractivity contribution in [3.8, 4) is 5.75 Å². The monoisotopic (exact) mass is 350 g/mol. The SMILES string of the molecule is CCN(CC)[C@@H](CNC(=O)Cc1ccc(O)cc1Cl)c1ccco1. The molecular formula is C18H23ClN2O3. The molecular weight excluding hydrogens is 328 g/mol. The van der Waals surface area contributed by atoms with Crippen molar-refractivity contribution in [2.24, 2.45) is 0 Å². The average Bonchev–Trinajstić information content (AvgIpc) is 3.08. The number of hydrogen-bond donors (Lipinski definition) is 2. The lowest BCUT2D eigenvalue weighted by molar-refractivity contribution is -0.120. The van der Waals surface area contributed by atoms with Crippen LogP contribution in [0.3, 0.4) is 0 Å². The lowest BCUT2D eigenvalue weighted by atomic mass is 10.1. The second kappa shape index (κ2) is 8.76. The molecule has 0 saturated heterocycles. The van der Waals surface area contributed by atoms with Gasteiger partial charge in [0.05, 0.1) is 18.7 Å². The molecule has 2 aromatic rings. The van der Waals surface area contributed by atoms with Gasteiger partial charge in [0.25, 0.3) is 0 Å². The Kier molecular flexibility index (Phi) is 6.70. The van der Waals surface area contributed by atoms with Gasteiger partial charge in [-0.15, -0.1) is 0 Å². The summed E-state index contributed by atoms with van der Waals surface area (Å²) in [6, 6.07) is 8.39. The minimum atomic E-state index is -0.119. The molecule has 1 amide bonds. The van der Waals surface area contributed by atoms with Gasteiger partial charge in [0, 0.05) is 11.6 Å². The molecule has 0 aliphatic rings. The zero-order valence-corrected chi connectivity index (χ0v) is 14.7. The highest BCUT2D eigenvalue weighted by atomic mass is 35.5. The van der Waals surface area contributed by atoms with Crippen molar-refractivity contribution in [3.05, 3.63) is 52.9 Å². The average molecular weight is 351 g/mol. The van der Waals surface area contributed by atoms with E-state index >= 15 is 0 Å². The number of amides is 1. The number of furan rings is 1. The van der Waals surface area contributed by atoms with Crippen molar-refractivity contribution < 1.29 is 14.3 Å². The Labute approximate surface area is 147 Å². The predicted octanol–water partition coefficient (Wildman–Crippen LogP) is 3.38. The number of halogens is 1. The summed E-state index contributed by atoms with van der Waals surface area (Å²) in [5, 5.41) is 12.7. The molecule has 2 rings (SSSR count). The van der Waals surface area contributed by atoms with E-state index in [0.717, 1.165) is 18.8 Å². The Bertz CT molecular complexity index is 654. The van der Waals surface area contributed by atoms with Crippen LogP contribution in [0.5, 0.6) is 5.75 Å². The summed E-state index contributed by atoms with van der Waals surface area (Å²) in [5.74, 6) is 0.802. The Hall–Kier alpha value is -1.98. The fourth-order valence-corrected chi connectivity index (χ4v) is 2.92. The molecule has 0 bridgehead atoms. The van der Waals surface area contributed by atoms with Gasteiger partial charge in [-0.25, -0.2) is 0 Å². The number of nitrogens with zero attached hydrogens (tertiary/aromatic N) is 1. The van der Waals surface area contributed by atoms with E-state index < -0.39 is 0 Å². The van der Waals surface area contributed by atoms with Crippen molar-refractivity contribution in [3.63, 3.8) is 0 Å². The Balaban J connectivity index is 1.99. The summed E-state index contributed by atoms with van der Waals surface area (Å²) in [7, 11) is 0. The fraction of sp³-hybridized carbons (Fsp3) is 0.389. The number of aromatic hydroxyl groups is 1. The lowest BCUT2D eigenvalue weighted by Crippen LogP contribution is -2.38. The largest absolute Gasteiger partial charge is 0.508 e. The van der Waals surface area contributed by atoms with Crippen molar-refractivity contribution in [2.75, 3.05) is 19.6 Å². The van der Waals surface area contributed by atoms with Gasteiger partial charge in [-0.1, -0.05) is 31.5 Å². The minimum absolute atomic E-state index is 0.00533. The van der Waals surface area contributed by atoms with Gasteiger partial charge >= 0.3 is 0 Å². The van der Waals surface area contributed by atoms with Crippen LogP contribution >= 0.6 is 11.6 Å². The van der Waals surface area contributed by atoms with Crippen LogP contribution in [-0.4, -0.2) is 35.5 Å². The first-order valence-electron chi connectivity index (χ1n) is 8.06. The van der Waals surface area contributed by atoms with Crippen molar-refractivity contribution in [1.29, 1.82) is 0 Å². The Morgan fingerprint density at radius 1 is 1.33 bits per heavy atom. The van der Waals surface area contributed by atoms with E-state index in [9.17, 15) is 9.90 Å². The highest BCUT2D eigenvalue weighted by Crippen LogP contribution is 2.23. The normalized spacial score (nSPS) is 12.3. The number of benzene rings is 1. The number of phenols is 1. The second-order valence-electron chi connectivity index (χ2n) is 5.51. The first-order valence-corrected chi connectivity index (χ1v) is 8.44. The van der Waals surface area contributed by atoms with Crippen molar-refractivity contribution in [1.82, 2.24) is 10.2 Å². The summed E-state index contributed by atoms with van der Waals surface area (Å²) >= 11 is 6.05. The van der Waals surface area contributed by atoms with Gasteiger partial charge in [-0.2, -0.15) is 0 Å². The molecule has 0 spiro atoms. The molecule has 1 aromatic heterocycles. The van der Waals surface area contributed by atoms with E-state index in [2.05, 4.69) is 24.1 Å². The van der Waals surface area contributed by atoms with E-state index in [-0.39, 0.29) is 24.1 Å². The number of likely N-dealkylation sites (N-methyl/N-ethyl adjacent to an activating group) is 1. The highest BCUT2D eigenvalue weighted by molar-refractivity contribution is 6.31. The third-order valence-electron chi connectivity index (χ3n) is 4.00. The standard InChI is InChI=1S/C18H23ClN2O3/c1-3-21(4-2)16(17-6-5-9-24-17)12-20-18(23)10-13-7-8-14(22)11-15(13)19/h5-9,11,16,22H,3-4,10,12H2,1-2H3,(H,20,23)/t16-/m0/s1. The summed E-state index contributed by atoms with van der Waals surface area (Å²) in [5.41, 5.74) is 0.685. The number of carbonyl (C=O) groups excluding carboxylic acids is 1. The van der Waals surface area contributed by atoms with Crippen LogP contribution in [0.15, 0.2) is 41.0 Å². The second-order valence-corrected chi connectivity index (χ2v) is 5.92. The van der Waals surface area contributed by atoms with Gasteiger partial charge < -0.3 is 14.8 Å². The molecule has 0 radical (unpaired) electrons. The zero-order valence-electron chi connectivity index (χ0n) is 14.0. The van der Waals surface area contributed by atoms with Crippen LogP contribution in [0.1, 0.15) is 31.2 Å². The quantitative estimate of drug-likeness (QED) is 0.766. The van der Waals surface area contributed by atoms with Crippen LogP contribution < -0.4 is 5.32 Å². The van der Waals surface area contributed by atoms with Crippen LogP contribution in [0, 0.1) is 0 Å². The molecule has 0 unspecified atom stereocenters. The molecule has 1 heterocycles. The van der Waals surface area contributed by atoms with E-state index in [1.165, 1.54) is 12.1 Å². The third kappa shape index (κ3) is 4.76. The number of hydrogen-bond acceptors (Lipinski definition) is 4. The third-order valence-corrected chi connectivity index (χ3v) is 4.36. The lowest BCUT2D eigenvalue weighted by Gasteiger charge is -2.28. The molecule has 0 aliphatic carbocycles. The number of nitrogens with one attached hydrogen (secondary N) is 1. The van der Waals surface area contributed by atoms with E-state index in [1.54, 1.807) is 12.3 Å². The van der Waals surface area contributed by atoms with Crippen molar-refractivity contribution in [2.45, 2.75) is 26.3 Å². The predicted molar refractivity (Wildman–Crippen MR) is 94.2 cm³/mol. The first kappa shape index (κ1) is 18.4. The van der Waals surface area contributed by atoms with Gasteiger partial charge in [0.2, 0.25) is 5.91 Å². The summed E-state index contributed by atoms with van der Waals surface area (Å²) < 4.78 is 5.52. The number of rotatable bonds is 8. The van der Waals surface area contributed by atoms with Gasteiger partial charge in [0.15, 0.2) is 0 Å². The Morgan fingerprint density at radius 2 is 2.08 bits per heavy atom. The smallest absolute Gasteiger partial charge is 0.224 e. The van der Waals surface area contributed by atoms with Crippen molar-refractivity contribution >= 4 is 17.5 Å². The molecule has 5 nitrogen and oxygen atoms in total. The maximum absolute atomic E-state index is 12.2. The van der Waals surface area contributed by atoms with Gasteiger partial charge in [-0.05, 0) is 42.9 Å². The van der Waals surface area contributed by atoms with Gasteiger partial charge in [-0.3, -0.25) is 9.69 Å². The molecule has 0 fully saturated rings. The fourth-order valence-electron chi connectivity index (χ4n) is 2.68. The molecule has 0 aliphatic heterocycles. The molecule has 130 valence electrons. The summed E-state index contributed by atoms with van der Waals surface area (Å²) in [6.45, 7) is 6.35. The molecule has 1 aromatic carbocycles. The molecule has 2 N–H and O–H groups in total. The highest BCUT2D eigenvalue weighted by Gasteiger charge is 2.21. The number of carbonyl (C=O) groups is 1. The summed E-state index contributed by atoms with van der Waals surface area (Å²) in [6.07, 6.45) is 1.81. The van der Waals surface area contributed by atoms with Crippen LogP contribution in [0.2, 0.25) is 5.02 Å². The van der Waals surface area contributed by atoms with Gasteiger partial charge in [0.1, 0.15) is 11.5 Å². The number of phenolic OH excluding ortho intramolecular Hbond substituents is 1. The maximum atomic E-state index is 12.2. The van der Waals surface area contributed by atoms with E-state index in [4.69, 9.17) is 16.0 Å². The molecule has 0 saturated carbocycles. The molecule has 6 heteroatoms.